The molecule has 19 heteroatoms. The van der Waals surface area contributed by atoms with Crippen molar-refractivity contribution in [1.29, 1.82) is 0 Å². The van der Waals surface area contributed by atoms with Crippen molar-refractivity contribution < 1.29 is 77.7 Å². The van der Waals surface area contributed by atoms with Crippen molar-refractivity contribution in [2.75, 3.05) is 6.54 Å². The quantitative estimate of drug-likeness (QED) is 0.0220. The van der Waals surface area contributed by atoms with Crippen molar-refractivity contribution in [2.45, 2.75) is 308 Å². The predicted molar refractivity (Wildman–Crippen MR) is 288 cm³/mol. The van der Waals surface area contributed by atoms with E-state index in [1.807, 2.05) is 0 Å². The molecule has 1 aliphatic heterocycles. The number of aliphatic hydroxyl groups is 1. The number of hydrogen-bond acceptors (Lipinski definition) is 13. The summed E-state index contributed by atoms with van der Waals surface area (Å²) in [6, 6.07) is -3.20. The highest BCUT2D eigenvalue weighted by Gasteiger charge is 2.51. The Morgan fingerprint density at radius 1 is 0.474 bits per heavy atom. The SMILES string of the molecule is CCCCCCCCCCCCCC(=O)N[C@H]1[C@@H](OC(CC(=O)O)CC(=O)O)O[C@H](OC(=O)[C@@H](CCC(=O)O)NC(=O)CCCCCCCCCCCCC)[C@@H](O)[C@@H]1OC(=O)CNC(=O)CCCCCCCCCCC. The van der Waals surface area contributed by atoms with E-state index >= 15 is 0 Å². The molecule has 0 unspecified atom stereocenters. The maximum atomic E-state index is 13.9. The van der Waals surface area contributed by atoms with E-state index in [0.29, 0.717) is 19.3 Å². The second kappa shape index (κ2) is 45.6. The first-order valence-corrected chi connectivity index (χ1v) is 29.5. The Balaban J connectivity index is 3.30. The normalized spacial score (nSPS) is 17.7. The molecule has 1 fully saturated rings. The zero-order valence-corrected chi connectivity index (χ0v) is 46.8. The van der Waals surface area contributed by atoms with E-state index in [2.05, 4.69) is 36.7 Å². The molecule has 0 aromatic rings. The van der Waals surface area contributed by atoms with Gasteiger partial charge in [0.05, 0.1) is 18.9 Å². The summed E-state index contributed by atoms with van der Waals surface area (Å²) in [5.74, 6) is -8.08. The Hall–Kier alpha value is -4.36. The van der Waals surface area contributed by atoms with E-state index in [-0.39, 0.29) is 19.3 Å². The third kappa shape index (κ3) is 36.6. The van der Waals surface area contributed by atoms with Gasteiger partial charge >= 0.3 is 29.8 Å². The van der Waals surface area contributed by atoms with Gasteiger partial charge < -0.3 is 55.3 Å². The maximum absolute atomic E-state index is 13.9. The van der Waals surface area contributed by atoms with Gasteiger partial charge in [0.25, 0.3) is 0 Å². The van der Waals surface area contributed by atoms with E-state index in [4.69, 9.17) is 18.9 Å². The van der Waals surface area contributed by atoms with Crippen LogP contribution in [-0.4, -0.2) is 118 Å². The van der Waals surface area contributed by atoms with Gasteiger partial charge in [-0.15, -0.1) is 0 Å². The lowest BCUT2D eigenvalue weighted by Crippen LogP contribution is -2.66. The fourth-order valence-electron chi connectivity index (χ4n) is 9.26. The molecule has 1 aliphatic rings. The molecule has 0 aromatic carbocycles. The minimum Gasteiger partial charge on any atom is -0.481 e. The number of aliphatic carboxylic acids is 3. The smallest absolute Gasteiger partial charge is 0.331 e. The number of carbonyl (C=O) groups is 8. The van der Waals surface area contributed by atoms with Crippen molar-refractivity contribution in [3.05, 3.63) is 0 Å². The van der Waals surface area contributed by atoms with Crippen LogP contribution >= 0.6 is 0 Å². The predicted octanol–water partition coefficient (Wildman–Crippen LogP) is 10.1. The molecule has 6 atom stereocenters. The van der Waals surface area contributed by atoms with Crippen LogP contribution in [0.1, 0.15) is 265 Å². The molecule has 76 heavy (non-hydrogen) atoms. The molecule has 440 valence electrons. The topological polar surface area (TPSA) is 290 Å². The van der Waals surface area contributed by atoms with Crippen LogP contribution in [0.25, 0.3) is 0 Å². The summed E-state index contributed by atoms with van der Waals surface area (Å²) in [5.41, 5.74) is 0. The molecule has 1 heterocycles. The minimum absolute atomic E-state index is 0.0256. The van der Waals surface area contributed by atoms with Crippen molar-refractivity contribution in [3.8, 4) is 0 Å². The first-order valence-electron chi connectivity index (χ1n) is 29.5. The summed E-state index contributed by atoms with van der Waals surface area (Å²) in [6.07, 6.45) is 20.1. The molecule has 1 saturated heterocycles. The highest BCUT2D eigenvalue weighted by Crippen LogP contribution is 2.29. The number of carboxylic acids is 3. The van der Waals surface area contributed by atoms with Gasteiger partial charge in [-0.25, -0.2) is 4.79 Å². The summed E-state index contributed by atoms with van der Waals surface area (Å²) in [7, 11) is 0. The van der Waals surface area contributed by atoms with Crippen LogP contribution < -0.4 is 16.0 Å². The van der Waals surface area contributed by atoms with Crippen molar-refractivity contribution in [2.24, 2.45) is 0 Å². The van der Waals surface area contributed by atoms with Gasteiger partial charge in [-0.2, -0.15) is 0 Å². The molecule has 3 amide bonds. The van der Waals surface area contributed by atoms with Crippen LogP contribution in [0.15, 0.2) is 0 Å². The second-order valence-electron chi connectivity index (χ2n) is 20.8. The zero-order valence-electron chi connectivity index (χ0n) is 46.8. The van der Waals surface area contributed by atoms with E-state index in [0.717, 1.165) is 89.9 Å². The molecule has 0 aliphatic carbocycles. The fraction of sp³-hybridized carbons (Fsp3) is 0.860. The monoisotopic (exact) mass is 1080 g/mol. The highest BCUT2D eigenvalue weighted by molar-refractivity contribution is 5.85. The summed E-state index contributed by atoms with van der Waals surface area (Å²) in [4.78, 5) is 102. The molecular weight excluding hydrogens is 983 g/mol. The molecular formula is C57H101N3O16. The molecule has 0 bridgehead atoms. The summed E-state index contributed by atoms with van der Waals surface area (Å²) in [6.45, 7) is 5.86. The number of carboxylic acid groups (broad SMARTS) is 3. The zero-order chi connectivity index (χ0) is 56.2. The van der Waals surface area contributed by atoms with Gasteiger partial charge in [0.2, 0.25) is 24.0 Å². The number of hydrogen-bond donors (Lipinski definition) is 7. The van der Waals surface area contributed by atoms with E-state index in [9.17, 15) is 58.8 Å². The third-order valence-electron chi connectivity index (χ3n) is 13.7. The number of aliphatic hydroxyl groups excluding tert-OH is 1. The van der Waals surface area contributed by atoms with Crippen LogP contribution in [0.4, 0.5) is 0 Å². The number of carbonyl (C=O) groups excluding carboxylic acids is 5. The number of unbranched alkanes of at least 4 members (excludes halogenated alkanes) is 28. The summed E-state index contributed by atoms with van der Waals surface area (Å²) < 4.78 is 23.1. The first kappa shape index (κ1) is 69.7. The number of esters is 2. The van der Waals surface area contributed by atoms with Crippen LogP contribution in [0.2, 0.25) is 0 Å². The molecule has 1 rings (SSSR count). The first-order chi connectivity index (χ1) is 36.6. The largest absolute Gasteiger partial charge is 0.481 e. The molecule has 7 N–H and O–H groups in total. The van der Waals surface area contributed by atoms with Crippen LogP contribution in [-0.2, 0) is 57.3 Å². The standard InChI is InChI=1S/C57H101N3O16/c1-4-7-10-13-16-19-21-24-27-30-33-36-46(62)59-44(38-39-48(64)65)55(72)75-57-53(71)54(74-51(70)42-58-45(61)35-32-29-26-23-18-15-12-9-6-3)52(56(76-57)73-43(40-49(66)67)41-50(68)69)60-47(63)37-34-31-28-25-22-20-17-14-11-8-5-2/h43-44,52-54,56-57,71H,4-42H2,1-3H3,(H,58,61)(H,59,62)(H,60,63)(H,64,65)(H,66,67)(H,68,69)/t44-,52-,53+,54-,56+,57+/m1/s1. The third-order valence-corrected chi connectivity index (χ3v) is 13.7. The van der Waals surface area contributed by atoms with Gasteiger partial charge in [0, 0.05) is 25.7 Å². The number of nitrogens with one attached hydrogen (secondary N) is 3. The number of rotatable bonds is 50. The van der Waals surface area contributed by atoms with Gasteiger partial charge in [-0.3, -0.25) is 33.6 Å². The van der Waals surface area contributed by atoms with Gasteiger partial charge in [0.15, 0.2) is 18.5 Å². The van der Waals surface area contributed by atoms with Gasteiger partial charge in [-0.05, 0) is 25.7 Å². The average Bonchev–Trinajstić information content (AvgIpc) is 3.36. The molecule has 0 aromatic heterocycles. The van der Waals surface area contributed by atoms with E-state index in [1.54, 1.807) is 0 Å². The van der Waals surface area contributed by atoms with Crippen LogP contribution in [0, 0.1) is 0 Å². The Kier molecular flexibility index (Phi) is 41.8. The highest BCUT2D eigenvalue weighted by atomic mass is 16.8. The maximum Gasteiger partial charge on any atom is 0.331 e. The Morgan fingerprint density at radius 2 is 0.868 bits per heavy atom. The van der Waals surface area contributed by atoms with Gasteiger partial charge in [-0.1, -0.05) is 201 Å². The van der Waals surface area contributed by atoms with E-state index < -0.39 is 123 Å². The average molecular weight is 1080 g/mol. The lowest BCUT2D eigenvalue weighted by molar-refractivity contribution is -0.328. The Bertz CT molecular complexity index is 1600. The molecule has 0 radical (unpaired) electrons. The van der Waals surface area contributed by atoms with Crippen molar-refractivity contribution in [1.82, 2.24) is 16.0 Å². The van der Waals surface area contributed by atoms with Crippen molar-refractivity contribution in [3.63, 3.8) is 0 Å². The lowest BCUT2D eigenvalue weighted by atomic mass is 9.99. The van der Waals surface area contributed by atoms with Crippen LogP contribution in [0.3, 0.4) is 0 Å². The lowest BCUT2D eigenvalue weighted by Gasteiger charge is -2.44. The van der Waals surface area contributed by atoms with Crippen molar-refractivity contribution >= 4 is 47.6 Å². The molecule has 0 spiro atoms. The minimum atomic E-state index is -2.12. The Morgan fingerprint density at radius 3 is 1.28 bits per heavy atom. The Labute approximate surface area is 454 Å². The number of amides is 3. The number of ether oxygens (including phenoxy) is 4. The summed E-state index contributed by atoms with van der Waals surface area (Å²) in [5, 5.41) is 48.4. The molecule has 19 nitrogen and oxygen atoms in total. The fourth-order valence-corrected chi connectivity index (χ4v) is 9.26. The summed E-state index contributed by atoms with van der Waals surface area (Å²) >= 11 is 0. The van der Waals surface area contributed by atoms with Crippen LogP contribution in [0.5, 0.6) is 0 Å². The van der Waals surface area contributed by atoms with Gasteiger partial charge in [0.1, 0.15) is 18.6 Å². The molecule has 0 saturated carbocycles. The van der Waals surface area contributed by atoms with E-state index in [1.165, 1.54) is 89.9 Å². The second-order valence-corrected chi connectivity index (χ2v) is 20.8.